The van der Waals surface area contributed by atoms with Crippen LogP contribution >= 0.6 is 0 Å². The van der Waals surface area contributed by atoms with Gasteiger partial charge in [0.1, 0.15) is 0 Å². The van der Waals surface area contributed by atoms with Crippen molar-refractivity contribution in [3.8, 4) is 0 Å². The van der Waals surface area contributed by atoms with Gasteiger partial charge in [0.25, 0.3) is 0 Å². The van der Waals surface area contributed by atoms with Crippen molar-refractivity contribution in [2.45, 2.75) is 39.0 Å². The van der Waals surface area contributed by atoms with E-state index in [0.717, 1.165) is 19.5 Å². The zero-order valence-corrected chi connectivity index (χ0v) is 10.9. The van der Waals surface area contributed by atoms with Crippen LogP contribution in [0.15, 0.2) is 0 Å². The summed E-state index contributed by atoms with van der Waals surface area (Å²) in [6, 6.07) is 0. The number of carbonyl (C=O) groups excluding carboxylic acids is 3. The summed E-state index contributed by atoms with van der Waals surface area (Å²) in [5.74, 6) is 0.339. The lowest BCUT2D eigenvalue weighted by Crippen LogP contribution is -2.41. The van der Waals surface area contributed by atoms with E-state index in [0.29, 0.717) is 18.8 Å². The van der Waals surface area contributed by atoms with Crippen LogP contribution in [-0.4, -0.2) is 47.2 Å². The number of rotatable bonds is 3. The van der Waals surface area contributed by atoms with E-state index < -0.39 is 0 Å². The summed E-state index contributed by atoms with van der Waals surface area (Å²) in [7, 11) is 0. The van der Waals surface area contributed by atoms with Crippen molar-refractivity contribution in [1.29, 1.82) is 0 Å². The van der Waals surface area contributed by atoms with E-state index in [2.05, 4.69) is 6.92 Å². The summed E-state index contributed by atoms with van der Waals surface area (Å²) in [6.07, 6.45) is 3.09. The third kappa shape index (κ3) is 2.89. The number of imide groups is 1. The average molecular weight is 252 g/mol. The molecule has 0 aliphatic carbocycles. The molecule has 0 N–H and O–H groups in total. The molecule has 3 amide bonds. The summed E-state index contributed by atoms with van der Waals surface area (Å²) in [5.41, 5.74) is 0. The number of hydrogen-bond donors (Lipinski definition) is 0. The summed E-state index contributed by atoms with van der Waals surface area (Å²) in [4.78, 5) is 37.9. The smallest absolute Gasteiger partial charge is 0.229 e. The van der Waals surface area contributed by atoms with Gasteiger partial charge >= 0.3 is 0 Å². The third-order valence-corrected chi connectivity index (χ3v) is 3.71. The second kappa shape index (κ2) is 5.50. The zero-order chi connectivity index (χ0) is 13.1. The topological polar surface area (TPSA) is 57.7 Å². The first-order valence-corrected chi connectivity index (χ1v) is 6.69. The maximum Gasteiger partial charge on any atom is 0.229 e. The first-order valence-electron chi connectivity index (χ1n) is 6.69. The minimum absolute atomic E-state index is 0.0639. The normalized spacial score (nSPS) is 24.8. The lowest BCUT2D eigenvalue weighted by molar-refractivity contribution is -0.139. The van der Waals surface area contributed by atoms with Crippen LogP contribution in [0.3, 0.4) is 0 Å². The van der Waals surface area contributed by atoms with Gasteiger partial charge in [-0.1, -0.05) is 6.92 Å². The van der Waals surface area contributed by atoms with Crippen LogP contribution in [0.2, 0.25) is 0 Å². The molecule has 100 valence electrons. The fraction of sp³-hybridized carbons (Fsp3) is 0.769. The van der Waals surface area contributed by atoms with Gasteiger partial charge < -0.3 is 4.90 Å². The Balaban J connectivity index is 1.81. The van der Waals surface area contributed by atoms with Gasteiger partial charge in [0.05, 0.1) is 0 Å². The van der Waals surface area contributed by atoms with Gasteiger partial charge in [-0.2, -0.15) is 0 Å². The highest BCUT2D eigenvalue weighted by atomic mass is 16.2. The van der Waals surface area contributed by atoms with E-state index in [-0.39, 0.29) is 30.7 Å². The summed E-state index contributed by atoms with van der Waals surface area (Å²) < 4.78 is 0. The Morgan fingerprint density at radius 2 is 1.94 bits per heavy atom. The molecule has 1 atom stereocenters. The second-order valence-corrected chi connectivity index (χ2v) is 5.28. The molecule has 2 heterocycles. The molecule has 2 aliphatic rings. The maximum absolute atomic E-state index is 12.0. The fourth-order valence-corrected chi connectivity index (χ4v) is 2.65. The Morgan fingerprint density at radius 3 is 2.56 bits per heavy atom. The molecule has 0 aromatic rings. The average Bonchev–Trinajstić information content (AvgIpc) is 2.66. The second-order valence-electron chi connectivity index (χ2n) is 5.28. The first-order chi connectivity index (χ1) is 8.58. The van der Waals surface area contributed by atoms with Crippen molar-refractivity contribution in [2.75, 3.05) is 19.6 Å². The number of hydrogen-bond acceptors (Lipinski definition) is 3. The van der Waals surface area contributed by atoms with Gasteiger partial charge in [-0.15, -0.1) is 0 Å². The van der Waals surface area contributed by atoms with Gasteiger partial charge in [-0.3, -0.25) is 19.3 Å². The van der Waals surface area contributed by atoms with Crippen LogP contribution in [-0.2, 0) is 14.4 Å². The standard InChI is InChI=1S/C13H20N2O3/c1-10-3-2-7-14(9-10)11(16)6-8-15-12(17)4-5-13(15)18/h10H,2-9H2,1H3. The molecule has 0 aromatic heterocycles. The van der Waals surface area contributed by atoms with Crippen molar-refractivity contribution in [3.63, 3.8) is 0 Å². The maximum atomic E-state index is 12.0. The largest absolute Gasteiger partial charge is 0.342 e. The molecule has 0 saturated carbocycles. The van der Waals surface area contributed by atoms with Crippen LogP contribution in [0.4, 0.5) is 0 Å². The van der Waals surface area contributed by atoms with E-state index in [9.17, 15) is 14.4 Å². The summed E-state index contributed by atoms with van der Waals surface area (Å²) in [6.45, 7) is 4.01. The Hall–Kier alpha value is -1.39. The Bertz CT molecular complexity index is 351. The minimum atomic E-state index is -0.139. The van der Waals surface area contributed by atoms with E-state index in [1.54, 1.807) is 0 Å². The molecule has 0 aromatic carbocycles. The third-order valence-electron chi connectivity index (χ3n) is 3.71. The quantitative estimate of drug-likeness (QED) is 0.698. The van der Waals surface area contributed by atoms with Crippen LogP contribution < -0.4 is 0 Å². The predicted molar refractivity (Wildman–Crippen MR) is 65.5 cm³/mol. The lowest BCUT2D eigenvalue weighted by atomic mass is 10.00. The van der Waals surface area contributed by atoms with E-state index in [1.165, 1.54) is 11.3 Å². The van der Waals surface area contributed by atoms with Gasteiger partial charge in [-0.25, -0.2) is 0 Å². The van der Waals surface area contributed by atoms with Gasteiger partial charge in [-0.05, 0) is 18.8 Å². The van der Waals surface area contributed by atoms with Gasteiger partial charge in [0.15, 0.2) is 0 Å². The molecular formula is C13H20N2O3. The molecule has 2 saturated heterocycles. The number of amides is 3. The Morgan fingerprint density at radius 1 is 1.28 bits per heavy atom. The molecule has 18 heavy (non-hydrogen) atoms. The summed E-state index contributed by atoms with van der Waals surface area (Å²) in [5, 5.41) is 0. The van der Waals surface area contributed by atoms with Gasteiger partial charge in [0, 0.05) is 38.9 Å². The van der Waals surface area contributed by atoms with E-state index >= 15 is 0 Å². The van der Waals surface area contributed by atoms with Crippen LogP contribution in [0.1, 0.15) is 39.0 Å². The summed E-state index contributed by atoms with van der Waals surface area (Å²) >= 11 is 0. The van der Waals surface area contributed by atoms with Crippen molar-refractivity contribution in [2.24, 2.45) is 5.92 Å². The molecule has 0 bridgehead atoms. The van der Waals surface area contributed by atoms with Gasteiger partial charge in [0.2, 0.25) is 17.7 Å². The van der Waals surface area contributed by atoms with Crippen molar-refractivity contribution < 1.29 is 14.4 Å². The van der Waals surface area contributed by atoms with Crippen LogP contribution in [0, 0.1) is 5.92 Å². The van der Waals surface area contributed by atoms with Crippen molar-refractivity contribution in [3.05, 3.63) is 0 Å². The minimum Gasteiger partial charge on any atom is -0.342 e. The highest BCUT2D eigenvalue weighted by Crippen LogP contribution is 2.17. The molecule has 2 aliphatic heterocycles. The predicted octanol–water partition coefficient (Wildman–Crippen LogP) is 0.784. The molecule has 2 rings (SSSR count). The fourth-order valence-electron chi connectivity index (χ4n) is 2.65. The number of nitrogens with zero attached hydrogens (tertiary/aromatic N) is 2. The van der Waals surface area contributed by atoms with Crippen molar-refractivity contribution in [1.82, 2.24) is 9.80 Å². The van der Waals surface area contributed by atoms with Crippen LogP contribution in [0.25, 0.3) is 0 Å². The SMILES string of the molecule is CC1CCCN(C(=O)CCN2C(=O)CCC2=O)C1. The highest BCUT2D eigenvalue weighted by Gasteiger charge is 2.29. The Labute approximate surface area is 107 Å². The molecular weight excluding hydrogens is 232 g/mol. The molecule has 1 unspecified atom stereocenters. The first kappa shape index (κ1) is 13.1. The molecule has 2 fully saturated rings. The molecule has 0 spiro atoms. The number of likely N-dealkylation sites (tertiary alicyclic amines) is 2. The van der Waals surface area contributed by atoms with E-state index in [1.807, 2.05) is 4.90 Å². The van der Waals surface area contributed by atoms with Crippen molar-refractivity contribution >= 4 is 17.7 Å². The number of piperidine rings is 1. The molecule has 5 nitrogen and oxygen atoms in total. The highest BCUT2D eigenvalue weighted by molar-refractivity contribution is 6.02. The zero-order valence-electron chi connectivity index (χ0n) is 10.9. The number of carbonyl (C=O) groups is 3. The van der Waals surface area contributed by atoms with Crippen LogP contribution in [0.5, 0.6) is 0 Å². The molecule has 0 radical (unpaired) electrons. The lowest BCUT2D eigenvalue weighted by Gasteiger charge is -2.31. The Kier molecular flexibility index (Phi) is 3.99. The van der Waals surface area contributed by atoms with E-state index in [4.69, 9.17) is 0 Å². The monoisotopic (exact) mass is 252 g/mol. The molecule has 5 heteroatoms.